The van der Waals surface area contributed by atoms with Crippen LogP contribution in [0.4, 0.5) is 11.4 Å². The van der Waals surface area contributed by atoms with Gasteiger partial charge in [-0.15, -0.1) is 6.58 Å². The topological polar surface area (TPSA) is 38.0 Å². The van der Waals surface area contributed by atoms with E-state index < -0.39 is 0 Å². The molecule has 76 valence electrons. The lowest BCUT2D eigenvalue weighted by molar-refractivity contribution is 0.815. The fourth-order valence-electron chi connectivity index (χ4n) is 1.23. The highest BCUT2D eigenvalue weighted by molar-refractivity contribution is 6.31. The van der Waals surface area contributed by atoms with Crippen molar-refractivity contribution in [2.45, 2.75) is 19.4 Å². The molecule has 1 rings (SSSR count). The molecule has 0 bridgehead atoms. The van der Waals surface area contributed by atoms with Gasteiger partial charge in [0.2, 0.25) is 0 Å². The number of hydrogen-bond acceptors (Lipinski definition) is 2. The highest BCUT2D eigenvalue weighted by Crippen LogP contribution is 2.23. The molecular formula is C11H15ClN2. The summed E-state index contributed by atoms with van der Waals surface area (Å²) in [6.07, 6.45) is 2.77. The summed E-state index contributed by atoms with van der Waals surface area (Å²) in [6.45, 7) is 5.76. The molecule has 0 saturated carbocycles. The number of nitrogen functional groups attached to an aromatic ring is 1. The molecule has 1 aromatic rings. The third kappa shape index (κ3) is 2.96. The van der Waals surface area contributed by atoms with E-state index in [1.54, 1.807) is 12.1 Å². The van der Waals surface area contributed by atoms with Gasteiger partial charge in [0, 0.05) is 11.1 Å². The zero-order valence-corrected chi connectivity index (χ0v) is 9.01. The van der Waals surface area contributed by atoms with Crippen molar-refractivity contribution >= 4 is 23.0 Å². The standard InChI is InChI=1S/C11H15ClN2/c1-3-4-8(2)14-11-7-9(12)5-6-10(11)13/h3,5-8,14H,1,4,13H2,2H3. The van der Waals surface area contributed by atoms with Crippen LogP contribution in [0.25, 0.3) is 0 Å². The minimum Gasteiger partial charge on any atom is -0.397 e. The van der Waals surface area contributed by atoms with Gasteiger partial charge in [0.15, 0.2) is 0 Å². The second-order valence-electron chi connectivity index (χ2n) is 3.30. The van der Waals surface area contributed by atoms with Crippen LogP contribution in [0.1, 0.15) is 13.3 Å². The molecular weight excluding hydrogens is 196 g/mol. The Bertz CT molecular complexity index is 323. The number of anilines is 2. The Morgan fingerprint density at radius 1 is 1.64 bits per heavy atom. The first-order valence-electron chi connectivity index (χ1n) is 4.56. The quantitative estimate of drug-likeness (QED) is 0.591. The minimum absolute atomic E-state index is 0.313. The van der Waals surface area contributed by atoms with Crippen molar-refractivity contribution in [1.82, 2.24) is 0 Å². The molecule has 0 saturated heterocycles. The Morgan fingerprint density at radius 3 is 3.00 bits per heavy atom. The maximum Gasteiger partial charge on any atom is 0.0591 e. The molecule has 0 aliphatic carbocycles. The number of benzene rings is 1. The predicted molar refractivity (Wildman–Crippen MR) is 63.8 cm³/mol. The van der Waals surface area contributed by atoms with Crippen molar-refractivity contribution < 1.29 is 0 Å². The highest BCUT2D eigenvalue weighted by Gasteiger charge is 2.03. The second kappa shape index (κ2) is 4.91. The lowest BCUT2D eigenvalue weighted by Crippen LogP contribution is -2.14. The summed E-state index contributed by atoms with van der Waals surface area (Å²) in [6, 6.07) is 5.72. The number of halogens is 1. The van der Waals surface area contributed by atoms with Crippen molar-refractivity contribution in [1.29, 1.82) is 0 Å². The largest absolute Gasteiger partial charge is 0.397 e. The van der Waals surface area contributed by atoms with Crippen LogP contribution in [0, 0.1) is 0 Å². The molecule has 0 aromatic heterocycles. The van der Waals surface area contributed by atoms with Crippen molar-refractivity contribution in [3.05, 3.63) is 35.9 Å². The van der Waals surface area contributed by atoms with Crippen LogP contribution in [0.5, 0.6) is 0 Å². The molecule has 3 heteroatoms. The highest BCUT2D eigenvalue weighted by atomic mass is 35.5. The number of nitrogens with two attached hydrogens (primary N) is 1. The van der Waals surface area contributed by atoms with E-state index in [1.807, 2.05) is 12.1 Å². The van der Waals surface area contributed by atoms with Crippen LogP contribution in [-0.4, -0.2) is 6.04 Å². The minimum atomic E-state index is 0.313. The Hall–Kier alpha value is -1.15. The summed E-state index contributed by atoms with van der Waals surface area (Å²) in [5, 5.41) is 3.96. The molecule has 2 nitrogen and oxygen atoms in total. The maximum absolute atomic E-state index is 5.86. The first kappa shape index (κ1) is 10.9. The van der Waals surface area contributed by atoms with Gasteiger partial charge in [-0.05, 0) is 31.5 Å². The third-order valence-corrected chi connectivity index (χ3v) is 2.17. The molecule has 0 spiro atoms. The van der Waals surface area contributed by atoms with Gasteiger partial charge in [-0.25, -0.2) is 0 Å². The molecule has 1 atom stereocenters. The average Bonchev–Trinajstić information content (AvgIpc) is 2.12. The van der Waals surface area contributed by atoms with E-state index in [9.17, 15) is 0 Å². The molecule has 0 radical (unpaired) electrons. The Morgan fingerprint density at radius 2 is 2.36 bits per heavy atom. The lowest BCUT2D eigenvalue weighted by Gasteiger charge is -2.15. The molecule has 1 aromatic carbocycles. The van der Waals surface area contributed by atoms with E-state index in [0.29, 0.717) is 16.8 Å². The van der Waals surface area contributed by atoms with E-state index in [2.05, 4.69) is 18.8 Å². The second-order valence-corrected chi connectivity index (χ2v) is 3.74. The lowest BCUT2D eigenvalue weighted by atomic mass is 10.2. The van der Waals surface area contributed by atoms with Crippen molar-refractivity contribution in [2.24, 2.45) is 0 Å². The maximum atomic E-state index is 5.86. The van der Waals surface area contributed by atoms with E-state index in [-0.39, 0.29) is 0 Å². The van der Waals surface area contributed by atoms with E-state index in [4.69, 9.17) is 17.3 Å². The first-order chi connectivity index (χ1) is 6.63. The SMILES string of the molecule is C=CCC(C)Nc1cc(Cl)ccc1N. The van der Waals surface area contributed by atoms with Crippen molar-refractivity contribution in [3.8, 4) is 0 Å². The summed E-state index contributed by atoms with van der Waals surface area (Å²) in [5.74, 6) is 0. The number of hydrogen-bond donors (Lipinski definition) is 2. The smallest absolute Gasteiger partial charge is 0.0591 e. The number of nitrogens with one attached hydrogen (secondary N) is 1. The molecule has 0 fully saturated rings. The molecule has 0 aliphatic heterocycles. The fraction of sp³-hybridized carbons (Fsp3) is 0.273. The van der Waals surface area contributed by atoms with E-state index in [0.717, 1.165) is 12.1 Å². The average molecular weight is 211 g/mol. The van der Waals surface area contributed by atoms with E-state index in [1.165, 1.54) is 0 Å². The van der Waals surface area contributed by atoms with Gasteiger partial charge in [-0.1, -0.05) is 17.7 Å². The van der Waals surface area contributed by atoms with Crippen LogP contribution in [0.3, 0.4) is 0 Å². The molecule has 0 heterocycles. The third-order valence-electron chi connectivity index (χ3n) is 1.94. The summed E-state index contributed by atoms with van der Waals surface area (Å²) >= 11 is 5.86. The van der Waals surface area contributed by atoms with E-state index >= 15 is 0 Å². The fourth-order valence-corrected chi connectivity index (χ4v) is 1.40. The van der Waals surface area contributed by atoms with Gasteiger partial charge >= 0.3 is 0 Å². The Labute approximate surface area is 89.8 Å². The van der Waals surface area contributed by atoms with Gasteiger partial charge in [0.05, 0.1) is 11.4 Å². The summed E-state index contributed by atoms with van der Waals surface area (Å²) < 4.78 is 0. The molecule has 3 N–H and O–H groups in total. The monoisotopic (exact) mass is 210 g/mol. The van der Waals surface area contributed by atoms with Gasteiger partial charge in [-0.2, -0.15) is 0 Å². The summed E-state index contributed by atoms with van der Waals surface area (Å²) in [4.78, 5) is 0. The Balaban J connectivity index is 2.74. The van der Waals surface area contributed by atoms with Crippen LogP contribution >= 0.6 is 11.6 Å². The van der Waals surface area contributed by atoms with Gasteiger partial charge < -0.3 is 11.1 Å². The van der Waals surface area contributed by atoms with Gasteiger partial charge in [0.25, 0.3) is 0 Å². The first-order valence-corrected chi connectivity index (χ1v) is 4.93. The summed E-state index contributed by atoms with van der Waals surface area (Å²) in [5.41, 5.74) is 7.38. The van der Waals surface area contributed by atoms with Crippen LogP contribution in [0.15, 0.2) is 30.9 Å². The zero-order chi connectivity index (χ0) is 10.6. The summed E-state index contributed by atoms with van der Waals surface area (Å²) in [7, 11) is 0. The normalized spacial score (nSPS) is 12.1. The predicted octanol–water partition coefficient (Wildman–Crippen LogP) is 3.30. The van der Waals surface area contributed by atoms with Crippen LogP contribution < -0.4 is 11.1 Å². The van der Waals surface area contributed by atoms with Crippen molar-refractivity contribution in [3.63, 3.8) is 0 Å². The molecule has 0 aliphatic rings. The molecule has 14 heavy (non-hydrogen) atoms. The van der Waals surface area contributed by atoms with Crippen LogP contribution in [-0.2, 0) is 0 Å². The Kier molecular flexibility index (Phi) is 3.84. The zero-order valence-electron chi connectivity index (χ0n) is 8.26. The molecule has 0 amide bonds. The number of rotatable bonds is 4. The van der Waals surface area contributed by atoms with Crippen LogP contribution in [0.2, 0.25) is 5.02 Å². The van der Waals surface area contributed by atoms with Crippen molar-refractivity contribution in [2.75, 3.05) is 11.1 Å². The molecule has 1 unspecified atom stereocenters. The van der Waals surface area contributed by atoms with Gasteiger partial charge in [-0.3, -0.25) is 0 Å². The van der Waals surface area contributed by atoms with Gasteiger partial charge in [0.1, 0.15) is 0 Å².